The molecular formula is C20H22N2O4. The molecule has 0 aliphatic carbocycles. The Morgan fingerprint density at radius 2 is 1.77 bits per heavy atom. The molecule has 0 bridgehead atoms. The smallest absolute Gasteiger partial charge is 0.415 e. The predicted octanol–water partition coefficient (Wildman–Crippen LogP) is 2.65. The molecule has 2 N–H and O–H groups in total. The number of nitrogens with two attached hydrogens (primary N) is 1. The first-order valence-corrected chi connectivity index (χ1v) is 8.52. The largest absolute Gasteiger partial charge is 0.465 e. The summed E-state index contributed by atoms with van der Waals surface area (Å²) in [6.07, 6.45) is -0.410. The van der Waals surface area contributed by atoms with Crippen molar-refractivity contribution in [1.82, 2.24) is 4.90 Å². The summed E-state index contributed by atoms with van der Waals surface area (Å²) < 4.78 is 10.1. The van der Waals surface area contributed by atoms with E-state index in [1.807, 2.05) is 18.2 Å². The van der Waals surface area contributed by atoms with Crippen molar-refractivity contribution in [2.75, 3.05) is 26.7 Å². The maximum Gasteiger partial charge on any atom is 0.415 e. The normalized spacial score (nSPS) is 19.2. The van der Waals surface area contributed by atoms with E-state index in [0.29, 0.717) is 30.9 Å². The number of carbonyl (C=O) groups is 2. The van der Waals surface area contributed by atoms with Gasteiger partial charge in [-0.1, -0.05) is 30.3 Å². The zero-order chi connectivity index (χ0) is 18.5. The summed E-state index contributed by atoms with van der Waals surface area (Å²) in [4.78, 5) is 25.6. The van der Waals surface area contributed by atoms with Crippen molar-refractivity contribution in [2.45, 2.75) is 5.92 Å². The Balaban J connectivity index is 1.66. The Bertz CT molecular complexity index is 761. The molecule has 1 fully saturated rings. The molecular weight excluding hydrogens is 332 g/mol. The van der Waals surface area contributed by atoms with Gasteiger partial charge in [0.1, 0.15) is 5.75 Å². The first-order valence-electron chi connectivity index (χ1n) is 8.52. The fourth-order valence-electron chi connectivity index (χ4n) is 3.28. The molecule has 6 nitrogen and oxygen atoms in total. The average Bonchev–Trinajstić information content (AvgIpc) is 3.13. The maximum absolute atomic E-state index is 12.5. The highest BCUT2D eigenvalue weighted by Gasteiger charge is 2.36. The lowest BCUT2D eigenvalue weighted by molar-refractivity contribution is 0.0600. The summed E-state index contributed by atoms with van der Waals surface area (Å²) in [6, 6.07) is 16.4. The summed E-state index contributed by atoms with van der Waals surface area (Å²) in [5.74, 6) is 0.358. The van der Waals surface area contributed by atoms with Crippen molar-refractivity contribution in [3.63, 3.8) is 0 Å². The van der Waals surface area contributed by atoms with Gasteiger partial charge in [0.25, 0.3) is 0 Å². The molecule has 3 rings (SSSR count). The molecule has 2 aromatic carbocycles. The third kappa shape index (κ3) is 3.86. The van der Waals surface area contributed by atoms with Crippen LogP contribution in [0, 0.1) is 5.92 Å². The lowest BCUT2D eigenvalue weighted by Gasteiger charge is -2.16. The number of rotatable bonds is 4. The van der Waals surface area contributed by atoms with E-state index in [9.17, 15) is 9.59 Å². The van der Waals surface area contributed by atoms with Crippen molar-refractivity contribution >= 4 is 12.1 Å². The predicted molar refractivity (Wildman–Crippen MR) is 97.1 cm³/mol. The lowest BCUT2D eigenvalue weighted by atomic mass is 9.89. The van der Waals surface area contributed by atoms with Crippen molar-refractivity contribution in [3.8, 4) is 5.75 Å². The summed E-state index contributed by atoms with van der Waals surface area (Å²) in [7, 11) is 1.32. The van der Waals surface area contributed by atoms with Crippen LogP contribution in [0.2, 0.25) is 0 Å². The van der Waals surface area contributed by atoms with Gasteiger partial charge < -0.3 is 20.1 Å². The van der Waals surface area contributed by atoms with Gasteiger partial charge in [-0.2, -0.15) is 0 Å². The molecule has 0 radical (unpaired) electrons. The van der Waals surface area contributed by atoms with Gasteiger partial charge >= 0.3 is 12.1 Å². The number of likely N-dealkylation sites (tertiary alicyclic amines) is 1. The van der Waals surface area contributed by atoms with Crippen LogP contribution in [-0.4, -0.2) is 43.7 Å². The molecule has 2 atom stereocenters. The van der Waals surface area contributed by atoms with Crippen LogP contribution in [0.5, 0.6) is 5.75 Å². The zero-order valence-corrected chi connectivity index (χ0v) is 14.6. The molecule has 2 aromatic rings. The second-order valence-electron chi connectivity index (χ2n) is 6.30. The van der Waals surface area contributed by atoms with Crippen molar-refractivity contribution < 1.29 is 19.1 Å². The molecule has 0 saturated carbocycles. The summed E-state index contributed by atoms with van der Waals surface area (Å²) >= 11 is 0. The van der Waals surface area contributed by atoms with Gasteiger partial charge in [-0.25, -0.2) is 9.59 Å². The number of nitrogens with zero attached hydrogens (tertiary/aromatic N) is 1. The standard InChI is InChI=1S/C20H22N2O4/c1-25-19(23)15-7-9-17(10-8-15)26-20(24)22-12-16(11-21)18(13-22)14-5-3-2-4-6-14/h2-10,16,18H,11-13,21H2,1H3. The van der Waals surface area contributed by atoms with Crippen LogP contribution in [0.1, 0.15) is 21.8 Å². The Kier molecular flexibility index (Phi) is 5.53. The molecule has 1 saturated heterocycles. The average molecular weight is 354 g/mol. The summed E-state index contributed by atoms with van der Waals surface area (Å²) in [5.41, 5.74) is 7.50. The molecule has 0 spiro atoms. The number of methoxy groups -OCH3 is 1. The van der Waals surface area contributed by atoms with Crippen molar-refractivity contribution in [1.29, 1.82) is 0 Å². The van der Waals surface area contributed by atoms with Gasteiger partial charge in [0, 0.05) is 19.0 Å². The monoisotopic (exact) mass is 354 g/mol. The van der Waals surface area contributed by atoms with Crippen LogP contribution >= 0.6 is 0 Å². The molecule has 1 aliphatic heterocycles. The molecule has 136 valence electrons. The van der Waals surface area contributed by atoms with Gasteiger partial charge in [0.15, 0.2) is 0 Å². The minimum absolute atomic E-state index is 0.201. The Hall–Kier alpha value is -2.86. The number of hydrogen-bond donors (Lipinski definition) is 1. The number of amides is 1. The van der Waals surface area contributed by atoms with Crippen LogP contribution < -0.4 is 10.5 Å². The highest BCUT2D eigenvalue weighted by atomic mass is 16.6. The van der Waals surface area contributed by atoms with Crippen molar-refractivity contribution in [3.05, 3.63) is 65.7 Å². The van der Waals surface area contributed by atoms with E-state index in [-0.39, 0.29) is 11.8 Å². The molecule has 26 heavy (non-hydrogen) atoms. The third-order valence-electron chi connectivity index (χ3n) is 4.71. The lowest BCUT2D eigenvalue weighted by Crippen LogP contribution is -2.32. The van der Waals surface area contributed by atoms with E-state index in [4.69, 9.17) is 10.5 Å². The topological polar surface area (TPSA) is 81.9 Å². The van der Waals surface area contributed by atoms with Crippen LogP contribution in [0.15, 0.2) is 54.6 Å². The summed E-state index contributed by atoms with van der Waals surface area (Å²) in [6.45, 7) is 1.65. The minimum Gasteiger partial charge on any atom is -0.465 e. The number of esters is 1. The highest BCUT2D eigenvalue weighted by molar-refractivity contribution is 5.89. The van der Waals surface area contributed by atoms with Gasteiger partial charge in [0.2, 0.25) is 0 Å². The van der Waals surface area contributed by atoms with Crippen molar-refractivity contribution in [2.24, 2.45) is 11.7 Å². The number of carbonyl (C=O) groups excluding carboxylic acids is 2. The van der Waals surface area contributed by atoms with Crippen LogP contribution in [0.3, 0.4) is 0 Å². The molecule has 1 aliphatic rings. The fourth-order valence-corrected chi connectivity index (χ4v) is 3.28. The minimum atomic E-state index is -0.432. The van der Waals surface area contributed by atoms with Crippen LogP contribution in [0.25, 0.3) is 0 Å². The summed E-state index contributed by atoms with van der Waals surface area (Å²) in [5, 5.41) is 0. The van der Waals surface area contributed by atoms with E-state index >= 15 is 0 Å². The SMILES string of the molecule is COC(=O)c1ccc(OC(=O)N2CC(CN)C(c3ccccc3)C2)cc1. The van der Waals surface area contributed by atoms with Gasteiger partial charge in [-0.05, 0) is 42.3 Å². The molecule has 1 amide bonds. The highest BCUT2D eigenvalue weighted by Crippen LogP contribution is 2.32. The Morgan fingerprint density at radius 3 is 2.38 bits per heavy atom. The van der Waals surface area contributed by atoms with E-state index in [1.54, 1.807) is 29.2 Å². The third-order valence-corrected chi connectivity index (χ3v) is 4.71. The molecule has 1 heterocycles. The first-order chi connectivity index (χ1) is 12.6. The van der Waals surface area contributed by atoms with E-state index in [0.717, 1.165) is 0 Å². The molecule has 0 aromatic heterocycles. The van der Waals surface area contributed by atoms with E-state index < -0.39 is 12.1 Å². The quantitative estimate of drug-likeness (QED) is 0.854. The second-order valence-corrected chi connectivity index (χ2v) is 6.30. The zero-order valence-electron chi connectivity index (χ0n) is 14.6. The number of ether oxygens (including phenoxy) is 2. The van der Waals surface area contributed by atoms with Crippen LogP contribution in [0.4, 0.5) is 4.79 Å². The van der Waals surface area contributed by atoms with E-state index in [2.05, 4.69) is 16.9 Å². The molecule has 6 heteroatoms. The van der Waals surface area contributed by atoms with Gasteiger partial charge in [-0.15, -0.1) is 0 Å². The van der Waals surface area contributed by atoms with Gasteiger partial charge in [0.05, 0.1) is 12.7 Å². The number of hydrogen-bond acceptors (Lipinski definition) is 5. The first kappa shape index (κ1) is 17.9. The number of benzene rings is 2. The Labute approximate surface area is 152 Å². The second kappa shape index (κ2) is 8.01. The fraction of sp³-hybridized carbons (Fsp3) is 0.300. The van der Waals surface area contributed by atoms with Gasteiger partial charge in [-0.3, -0.25) is 0 Å². The van der Waals surface area contributed by atoms with Crippen LogP contribution in [-0.2, 0) is 4.74 Å². The maximum atomic E-state index is 12.5. The molecule has 2 unspecified atom stereocenters. The van der Waals surface area contributed by atoms with E-state index in [1.165, 1.54) is 12.7 Å². The Morgan fingerprint density at radius 1 is 1.08 bits per heavy atom.